The minimum atomic E-state index is -3.91. The average Bonchev–Trinajstić information content (AvgIpc) is 2.33. The van der Waals surface area contributed by atoms with Crippen molar-refractivity contribution in [3.05, 3.63) is 40.9 Å². The molecule has 0 fully saturated rings. The lowest BCUT2D eigenvalue weighted by Crippen LogP contribution is -2.32. The van der Waals surface area contributed by atoms with Gasteiger partial charge in [-0.3, -0.25) is 4.79 Å². The van der Waals surface area contributed by atoms with Crippen molar-refractivity contribution in [2.75, 3.05) is 13.1 Å². The molecule has 0 aliphatic carbocycles. The van der Waals surface area contributed by atoms with Crippen LogP contribution in [0.3, 0.4) is 0 Å². The predicted octanol–water partition coefficient (Wildman–Crippen LogP) is 2.03. The van der Waals surface area contributed by atoms with Crippen LogP contribution in [0, 0.1) is 0 Å². The molecule has 0 unspecified atom stereocenters. The second-order valence-corrected chi connectivity index (χ2v) is 6.49. The smallest absolute Gasteiger partial charge is 0.254 e. The molecule has 0 bridgehead atoms. The van der Waals surface area contributed by atoms with Crippen LogP contribution in [0.2, 0.25) is 5.02 Å². The number of carbonyl (C=O) groups is 1. The van der Waals surface area contributed by atoms with Gasteiger partial charge in [0.25, 0.3) is 5.91 Å². The van der Waals surface area contributed by atoms with Crippen molar-refractivity contribution in [1.82, 2.24) is 4.90 Å². The number of hydrogen-bond donors (Lipinski definition) is 1. The maximum Gasteiger partial charge on any atom is 0.254 e. The molecule has 0 aliphatic rings. The molecule has 0 saturated heterocycles. The summed E-state index contributed by atoms with van der Waals surface area (Å²) in [6.07, 6.45) is 0. The van der Waals surface area contributed by atoms with Crippen molar-refractivity contribution < 1.29 is 13.2 Å². The molecular weight excluding hydrogens is 300 g/mol. The van der Waals surface area contributed by atoms with E-state index in [2.05, 4.69) is 6.58 Å². The van der Waals surface area contributed by atoms with E-state index >= 15 is 0 Å². The van der Waals surface area contributed by atoms with Gasteiger partial charge >= 0.3 is 0 Å². The van der Waals surface area contributed by atoms with Gasteiger partial charge in [-0.25, -0.2) is 13.6 Å². The lowest BCUT2D eigenvalue weighted by Gasteiger charge is -2.21. The summed E-state index contributed by atoms with van der Waals surface area (Å²) >= 11 is 5.85. The van der Waals surface area contributed by atoms with Gasteiger partial charge in [0, 0.05) is 23.7 Å². The maximum absolute atomic E-state index is 12.3. The predicted molar refractivity (Wildman–Crippen MR) is 79.2 cm³/mol. The van der Waals surface area contributed by atoms with E-state index in [1.54, 1.807) is 4.90 Å². The number of rotatable bonds is 5. The minimum Gasteiger partial charge on any atom is -0.335 e. The van der Waals surface area contributed by atoms with Crippen molar-refractivity contribution in [3.8, 4) is 0 Å². The molecular formula is C13H17ClN2O3S. The maximum atomic E-state index is 12.3. The summed E-state index contributed by atoms with van der Waals surface area (Å²) in [5.74, 6) is -0.317. The van der Waals surface area contributed by atoms with E-state index < -0.39 is 10.0 Å². The third kappa shape index (κ3) is 4.33. The number of carbonyl (C=O) groups excluding carboxylic acids is 1. The Bertz CT molecular complexity index is 641. The van der Waals surface area contributed by atoms with Gasteiger partial charge in [-0.1, -0.05) is 23.8 Å². The summed E-state index contributed by atoms with van der Waals surface area (Å²) in [6, 6.07) is 3.85. The first-order chi connectivity index (χ1) is 9.15. The number of nitrogens with zero attached hydrogens (tertiary/aromatic N) is 1. The molecule has 5 nitrogen and oxygen atoms in total. The Balaban J connectivity index is 3.22. The van der Waals surface area contributed by atoms with Crippen LogP contribution in [0.4, 0.5) is 0 Å². The molecule has 0 aliphatic heterocycles. The summed E-state index contributed by atoms with van der Waals surface area (Å²) in [5.41, 5.74) is 1.01. The number of likely N-dealkylation sites (N-methyl/N-ethyl adjacent to an activating group) is 1. The van der Waals surface area contributed by atoms with Crippen LogP contribution in [-0.4, -0.2) is 32.3 Å². The fourth-order valence-corrected chi connectivity index (χ4v) is 2.57. The van der Waals surface area contributed by atoms with Gasteiger partial charge in [0.05, 0.1) is 4.90 Å². The fourth-order valence-electron chi connectivity index (χ4n) is 1.69. The normalized spacial score (nSPS) is 11.2. The standard InChI is InChI=1S/C13H17ClN2O3S/c1-4-16(8-9(2)3)13(17)10-5-11(14)7-12(6-10)20(15,18)19/h5-7H,2,4,8H2,1,3H3,(H2,15,18,19). The molecule has 0 radical (unpaired) electrons. The van der Waals surface area contributed by atoms with Crippen molar-refractivity contribution in [2.45, 2.75) is 18.7 Å². The molecule has 0 saturated carbocycles. The number of hydrogen-bond acceptors (Lipinski definition) is 3. The SMILES string of the molecule is C=C(C)CN(CC)C(=O)c1cc(Cl)cc(S(N)(=O)=O)c1. The Morgan fingerprint density at radius 3 is 2.45 bits per heavy atom. The van der Waals surface area contributed by atoms with Crippen molar-refractivity contribution in [3.63, 3.8) is 0 Å². The van der Waals surface area contributed by atoms with Crippen LogP contribution < -0.4 is 5.14 Å². The lowest BCUT2D eigenvalue weighted by atomic mass is 10.2. The zero-order valence-corrected chi connectivity index (χ0v) is 13.0. The largest absolute Gasteiger partial charge is 0.335 e. The molecule has 0 atom stereocenters. The van der Waals surface area contributed by atoms with Gasteiger partial charge in [0.2, 0.25) is 10.0 Å². The molecule has 0 aromatic heterocycles. The number of primary sulfonamides is 1. The summed E-state index contributed by atoms with van der Waals surface area (Å²) in [4.78, 5) is 13.7. The molecule has 2 N–H and O–H groups in total. The van der Waals surface area contributed by atoms with Crippen LogP contribution in [0.15, 0.2) is 35.2 Å². The number of sulfonamides is 1. The molecule has 0 heterocycles. The van der Waals surface area contributed by atoms with E-state index in [4.69, 9.17) is 16.7 Å². The quantitative estimate of drug-likeness (QED) is 0.844. The molecule has 1 amide bonds. The van der Waals surface area contributed by atoms with Crippen molar-refractivity contribution in [1.29, 1.82) is 0 Å². The topological polar surface area (TPSA) is 80.5 Å². The fraction of sp³-hybridized carbons (Fsp3) is 0.308. The summed E-state index contributed by atoms with van der Waals surface area (Å²) in [7, 11) is -3.91. The van der Waals surface area contributed by atoms with Gasteiger partial charge in [-0.05, 0) is 32.0 Å². The molecule has 1 rings (SSSR count). The second-order valence-electron chi connectivity index (χ2n) is 4.50. The van der Waals surface area contributed by atoms with E-state index in [0.29, 0.717) is 13.1 Å². The third-order valence-electron chi connectivity index (χ3n) is 2.58. The first-order valence-corrected chi connectivity index (χ1v) is 7.84. The summed E-state index contributed by atoms with van der Waals surface area (Å²) < 4.78 is 22.7. The minimum absolute atomic E-state index is 0.145. The van der Waals surface area contributed by atoms with Crippen LogP contribution in [0.25, 0.3) is 0 Å². The van der Waals surface area contributed by atoms with E-state index in [1.807, 2.05) is 13.8 Å². The Kier molecular flexibility index (Phi) is 5.33. The average molecular weight is 317 g/mol. The number of amides is 1. The Labute approximate surface area is 124 Å². The third-order valence-corrected chi connectivity index (χ3v) is 3.69. The molecule has 20 heavy (non-hydrogen) atoms. The number of nitrogens with two attached hydrogens (primary N) is 1. The molecule has 1 aromatic rings. The van der Waals surface area contributed by atoms with E-state index in [1.165, 1.54) is 18.2 Å². The van der Waals surface area contributed by atoms with Crippen molar-refractivity contribution >= 4 is 27.5 Å². The summed E-state index contributed by atoms with van der Waals surface area (Å²) in [6.45, 7) is 8.26. The molecule has 1 aromatic carbocycles. The van der Waals surface area contributed by atoms with Crippen LogP contribution >= 0.6 is 11.6 Å². The van der Waals surface area contributed by atoms with Gasteiger partial charge in [0.15, 0.2) is 0 Å². The number of halogens is 1. The highest BCUT2D eigenvalue weighted by Crippen LogP contribution is 2.19. The monoisotopic (exact) mass is 316 g/mol. The van der Waals surface area contributed by atoms with Gasteiger partial charge in [-0.2, -0.15) is 0 Å². The van der Waals surface area contributed by atoms with Gasteiger partial charge < -0.3 is 4.90 Å². The van der Waals surface area contributed by atoms with Crippen LogP contribution in [0.1, 0.15) is 24.2 Å². The van der Waals surface area contributed by atoms with E-state index in [-0.39, 0.29) is 21.4 Å². The highest BCUT2D eigenvalue weighted by atomic mass is 35.5. The molecule has 7 heteroatoms. The zero-order chi connectivity index (χ0) is 15.5. The Morgan fingerprint density at radius 2 is 2.00 bits per heavy atom. The van der Waals surface area contributed by atoms with Crippen LogP contribution in [0.5, 0.6) is 0 Å². The van der Waals surface area contributed by atoms with E-state index in [9.17, 15) is 13.2 Å². The van der Waals surface area contributed by atoms with E-state index in [0.717, 1.165) is 5.57 Å². The highest BCUT2D eigenvalue weighted by Gasteiger charge is 2.18. The first kappa shape index (κ1) is 16.7. The zero-order valence-electron chi connectivity index (χ0n) is 11.4. The second kappa shape index (κ2) is 6.39. The Hall–Kier alpha value is -1.37. The Morgan fingerprint density at radius 1 is 1.40 bits per heavy atom. The highest BCUT2D eigenvalue weighted by molar-refractivity contribution is 7.89. The first-order valence-electron chi connectivity index (χ1n) is 5.92. The summed E-state index contributed by atoms with van der Waals surface area (Å²) in [5, 5.41) is 5.20. The molecule has 0 spiro atoms. The van der Waals surface area contributed by atoms with Gasteiger partial charge in [0.1, 0.15) is 0 Å². The van der Waals surface area contributed by atoms with Gasteiger partial charge in [-0.15, -0.1) is 0 Å². The number of benzene rings is 1. The molecule has 110 valence electrons. The lowest BCUT2D eigenvalue weighted by molar-refractivity contribution is 0.0778. The van der Waals surface area contributed by atoms with Crippen LogP contribution in [-0.2, 0) is 10.0 Å². The van der Waals surface area contributed by atoms with Crippen molar-refractivity contribution in [2.24, 2.45) is 5.14 Å².